The molecule has 2 aromatic carbocycles. The molecule has 8 nitrogen and oxygen atoms in total. The fraction of sp³-hybridized carbons (Fsp3) is 0.480. The van der Waals surface area contributed by atoms with Crippen molar-refractivity contribution in [2.24, 2.45) is 5.92 Å². The molecule has 34 heavy (non-hydrogen) atoms. The maximum atomic E-state index is 14.0. The van der Waals surface area contributed by atoms with Crippen LogP contribution in [-0.4, -0.2) is 62.0 Å². The number of hydrogen-bond donors (Lipinski definition) is 5. The third-order valence-corrected chi connectivity index (χ3v) is 6.98. The standard InChI is InChI=1S/C25H33FN6O2/c1-16-5-6-21(26)18(11-16)13-29-25(33)17-3-2-4-19(12-17)28-15-23-30-31-24-20-7-8-27-14-22(20)34-10-9-32(23)24/h2-6,11-12,20,22-24,27-28,30-31H,7-10,13-15H2,1H3,(H,29,33). The van der Waals surface area contributed by atoms with E-state index < -0.39 is 0 Å². The lowest BCUT2D eigenvalue weighted by atomic mass is 9.91. The number of carbonyl (C=O) groups is 1. The van der Waals surface area contributed by atoms with Crippen molar-refractivity contribution in [3.63, 3.8) is 0 Å². The first-order valence-corrected chi connectivity index (χ1v) is 12.0. The van der Waals surface area contributed by atoms with E-state index in [1.165, 1.54) is 6.07 Å². The molecule has 9 heteroatoms. The van der Waals surface area contributed by atoms with E-state index in [1.807, 2.05) is 25.1 Å². The lowest BCUT2D eigenvalue weighted by Crippen LogP contribution is -2.52. The zero-order valence-electron chi connectivity index (χ0n) is 19.4. The number of anilines is 1. The zero-order valence-corrected chi connectivity index (χ0v) is 19.4. The first-order chi connectivity index (χ1) is 16.6. The summed E-state index contributed by atoms with van der Waals surface area (Å²) in [5.74, 6) is -0.0922. The molecule has 3 aliphatic heterocycles. The van der Waals surface area contributed by atoms with Crippen LogP contribution < -0.4 is 26.8 Å². The molecule has 1 amide bonds. The van der Waals surface area contributed by atoms with Gasteiger partial charge in [-0.25, -0.2) is 15.2 Å². The smallest absolute Gasteiger partial charge is 0.251 e. The second-order valence-electron chi connectivity index (χ2n) is 9.29. The summed E-state index contributed by atoms with van der Waals surface area (Å²) in [6.07, 6.45) is 1.70. The van der Waals surface area contributed by atoms with E-state index in [1.54, 1.807) is 18.2 Å². The van der Waals surface area contributed by atoms with E-state index >= 15 is 0 Å². The van der Waals surface area contributed by atoms with Crippen molar-refractivity contribution in [1.82, 2.24) is 26.4 Å². The number of rotatable bonds is 6. The van der Waals surface area contributed by atoms with Gasteiger partial charge in [-0.3, -0.25) is 9.69 Å². The number of amides is 1. The van der Waals surface area contributed by atoms with Gasteiger partial charge in [-0.05, 0) is 44.2 Å². The summed E-state index contributed by atoms with van der Waals surface area (Å²) in [5, 5.41) is 9.71. The van der Waals surface area contributed by atoms with E-state index in [0.29, 0.717) is 23.6 Å². The highest BCUT2D eigenvalue weighted by Crippen LogP contribution is 2.28. The van der Waals surface area contributed by atoms with Crippen LogP contribution in [0, 0.1) is 18.7 Å². The number of aryl methyl sites for hydroxylation is 1. The molecule has 4 unspecified atom stereocenters. The van der Waals surface area contributed by atoms with Crippen LogP contribution in [0.15, 0.2) is 42.5 Å². The fourth-order valence-corrected chi connectivity index (χ4v) is 5.16. The average Bonchev–Trinajstić information content (AvgIpc) is 3.16. The van der Waals surface area contributed by atoms with Crippen LogP contribution in [0.2, 0.25) is 0 Å². The van der Waals surface area contributed by atoms with Crippen molar-refractivity contribution >= 4 is 11.6 Å². The van der Waals surface area contributed by atoms with Crippen molar-refractivity contribution in [2.75, 3.05) is 38.1 Å². The Balaban J connectivity index is 1.17. The molecule has 2 aromatic rings. The van der Waals surface area contributed by atoms with Crippen molar-refractivity contribution in [3.05, 3.63) is 65.0 Å². The van der Waals surface area contributed by atoms with E-state index in [4.69, 9.17) is 4.74 Å². The molecule has 0 saturated carbocycles. The van der Waals surface area contributed by atoms with Gasteiger partial charge in [0.15, 0.2) is 0 Å². The minimum Gasteiger partial charge on any atom is -0.382 e. The van der Waals surface area contributed by atoms with Crippen LogP contribution in [0.25, 0.3) is 0 Å². The Hall–Kier alpha value is -2.56. The monoisotopic (exact) mass is 468 g/mol. The molecule has 0 bridgehead atoms. The molecule has 0 aromatic heterocycles. The molecule has 0 radical (unpaired) electrons. The normalized spacial score (nSPS) is 26.9. The second kappa shape index (κ2) is 10.4. The quantitative estimate of drug-likeness (QED) is 0.440. The van der Waals surface area contributed by atoms with Gasteiger partial charge in [0, 0.05) is 48.9 Å². The SMILES string of the molecule is Cc1ccc(F)c(CNC(=O)c2cccc(NCC3NNC4C5CCNCC5OCCN34)c2)c1. The van der Waals surface area contributed by atoms with Gasteiger partial charge in [0.25, 0.3) is 5.91 Å². The number of hydrazine groups is 1. The van der Waals surface area contributed by atoms with Crippen LogP contribution in [0.1, 0.15) is 27.9 Å². The van der Waals surface area contributed by atoms with E-state index in [9.17, 15) is 9.18 Å². The summed E-state index contributed by atoms with van der Waals surface area (Å²) in [7, 11) is 0. The molecular formula is C25H33FN6O2. The zero-order chi connectivity index (χ0) is 23.5. The summed E-state index contributed by atoms with van der Waals surface area (Å²) in [6, 6.07) is 12.3. The highest BCUT2D eigenvalue weighted by molar-refractivity contribution is 5.95. The Morgan fingerprint density at radius 3 is 3.06 bits per heavy atom. The molecule has 3 saturated heterocycles. The molecule has 3 aliphatic rings. The fourth-order valence-electron chi connectivity index (χ4n) is 5.16. The highest BCUT2D eigenvalue weighted by Gasteiger charge is 2.43. The molecule has 5 N–H and O–H groups in total. The Bertz CT molecular complexity index is 1020. The Morgan fingerprint density at radius 2 is 2.15 bits per heavy atom. The summed E-state index contributed by atoms with van der Waals surface area (Å²) in [6.45, 7) is 6.24. The molecule has 3 fully saturated rings. The summed E-state index contributed by atoms with van der Waals surface area (Å²) in [5.41, 5.74) is 9.77. The number of nitrogens with one attached hydrogen (secondary N) is 5. The number of halogens is 1. The number of piperidine rings is 1. The van der Waals surface area contributed by atoms with Crippen molar-refractivity contribution in [2.45, 2.75) is 38.3 Å². The Kier molecular flexibility index (Phi) is 7.07. The van der Waals surface area contributed by atoms with Gasteiger partial charge in [0.2, 0.25) is 0 Å². The first-order valence-electron chi connectivity index (χ1n) is 12.0. The maximum absolute atomic E-state index is 14.0. The van der Waals surface area contributed by atoms with Crippen LogP contribution in [0.3, 0.4) is 0 Å². The van der Waals surface area contributed by atoms with Crippen LogP contribution in [0.5, 0.6) is 0 Å². The minimum atomic E-state index is -0.313. The lowest BCUT2D eigenvalue weighted by molar-refractivity contribution is 0.00522. The molecule has 182 valence electrons. The highest BCUT2D eigenvalue weighted by atomic mass is 19.1. The van der Waals surface area contributed by atoms with E-state index in [-0.39, 0.29) is 36.7 Å². The predicted molar refractivity (Wildman–Crippen MR) is 129 cm³/mol. The lowest BCUT2D eigenvalue weighted by Gasteiger charge is -2.36. The van der Waals surface area contributed by atoms with Gasteiger partial charge in [-0.1, -0.05) is 23.8 Å². The summed E-state index contributed by atoms with van der Waals surface area (Å²) < 4.78 is 20.1. The number of nitrogens with zero attached hydrogens (tertiary/aromatic N) is 1. The maximum Gasteiger partial charge on any atom is 0.251 e. The largest absolute Gasteiger partial charge is 0.382 e. The van der Waals surface area contributed by atoms with Gasteiger partial charge in [-0.2, -0.15) is 0 Å². The third-order valence-electron chi connectivity index (χ3n) is 6.98. The van der Waals surface area contributed by atoms with Gasteiger partial charge in [-0.15, -0.1) is 0 Å². The molecule has 5 rings (SSSR count). The van der Waals surface area contributed by atoms with Gasteiger partial charge >= 0.3 is 0 Å². The van der Waals surface area contributed by atoms with Crippen molar-refractivity contribution in [3.8, 4) is 0 Å². The van der Waals surface area contributed by atoms with Gasteiger partial charge in [0.05, 0.1) is 25.0 Å². The third kappa shape index (κ3) is 5.08. The molecule has 3 heterocycles. The number of hydrogen-bond acceptors (Lipinski definition) is 7. The van der Waals surface area contributed by atoms with Crippen molar-refractivity contribution < 1.29 is 13.9 Å². The van der Waals surface area contributed by atoms with E-state index in [2.05, 4.69) is 31.7 Å². The van der Waals surface area contributed by atoms with Crippen LogP contribution in [0.4, 0.5) is 10.1 Å². The van der Waals surface area contributed by atoms with Crippen molar-refractivity contribution in [1.29, 1.82) is 0 Å². The number of ether oxygens (including phenoxy) is 1. The molecule has 0 spiro atoms. The molecular weight excluding hydrogens is 435 g/mol. The van der Waals surface area contributed by atoms with Gasteiger partial charge in [0.1, 0.15) is 5.82 Å². The number of fused-ring (bicyclic) bond motifs is 3. The second-order valence-corrected chi connectivity index (χ2v) is 9.29. The number of carbonyl (C=O) groups excluding carboxylic acids is 1. The summed E-state index contributed by atoms with van der Waals surface area (Å²) in [4.78, 5) is 15.1. The minimum absolute atomic E-state index is 0.115. The van der Waals surface area contributed by atoms with E-state index in [0.717, 1.165) is 43.9 Å². The van der Waals surface area contributed by atoms with Crippen LogP contribution >= 0.6 is 0 Å². The first kappa shape index (κ1) is 23.2. The summed E-state index contributed by atoms with van der Waals surface area (Å²) >= 11 is 0. The van der Waals surface area contributed by atoms with Gasteiger partial charge < -0.3 is 20.7 Å². The van der Waals surface area contributed by atoms with Crippen LogP contribution in [-0.2, 0) is 11.3 Å². The average molecular weight is 469 g/mol. The molecule has 4 atom stereocenters. The Morgan fingerprint density at radius 1 is 1.24 bits per heavy atom. The topological polar surface area (TPSA) is 89.7 Å². The number of benzene rings is 2. The molecule has 0 aliphatic carbocycles. The Labute approximate surface area is 199 Å². The predicted octanol–water partition coefficient (Wildman–Crippen LogP) is 1.55.